The van der Waals surface area contributed by atoms with Crippen molar-refractivity contribution in [1.29, 1.82) is 0 Å². The molecule has 0 saturated heterocycles. The zero-order chi connectivity index (χ0) is 15.3. The van der Waals surface area contributed by atoms with Gasteiger partial charge in [0, 0.05) is 13.2 Å². The van der Waals surface area contributed by atoms with E-state index in [0.29, 0.717) is 5.69 Å². The lowest BCUT2D eigenvalue weighted by Gasteiger charge is -2.31. The number of aromatic nitrogens is 1. The minimum atomic E-state index is -0.840. The third-order valence-corrected chi connectivity index (χ3v) is 3.00. The highest BCUT2D eigenvalue weighted by Gasteiger charge is 2.40. The van der Waals surface area contributed by atoms with Gasteiger partial charge in [-0.1, -0.05) is 20.8 Å². The summed E-state index contributed by atoms with van der Waals surface area (Å²) in [4.78, 5) is 30.1. The molecule has 1 unspecified atom stereocenters. The molecule has 0 fully saturated rings. The van der Waals surface area contributed by atoms with Gasteiger partial charge in [0.25, 0.3) is 0 Å². The van der Waals surface area contributed by atoms with Crippen molar-refractivity contribution in [3.05, 3.63) is 24.5 Å². The average Bonchev–Trinajstić information content (AvgIpc) is 2.37. The highest BCUT2D eigenvalue weighted by molar-refractivity contribution is 6.06. The van der Waals surface area contributed by atoms with E-state index >= 15 is 0 Å². The SMILES string of the molecule is CCOC(=O)C(C(=O)N(C)c1cccnc1)C(C)(C)C. The van der Waals surface area contributed by atoms with Crippen LogP contribution in [-0.2, 0) is 14.3 Å². The summed E-state index contributed by atoms with van der Waals surface area (Å²) in [7, 11) is 1.64. The topological polar surface area (TPSA) is 59.5 Å². The molecule has 20 heavy (non-hydrogen) atoms. The minimum absolute atomic E-state index is 0.259. The van der Waals surface area contributed by atoms with Gasteiger partial charge in [0.2, 0.25) is 5.91 Å². The van der Waals surface area contributed by atoms with E-state index in [1.807, 2.05) is 20.8 Å². The Bertz CT molecular complexity index is 466. The maximum absolute atomic E-state index is 12.6. The van der Waals surface area contributed by atoms with Gasteiger partial charge in [-0.25, -0.2) is 0 Å². The van der Waals surface area contributed by atoms with Gasteiger partial charge in [-0.2, -0.15) is 0 Å². The number of hydrogen-bond donors (Lipinski definition) is 0. The van der Waals surface area contributed by atoms with Gasteiger partial charge in [-0.3, -0.25) is 14.6 Å². The van der Waals surface area contributed by atoms with Gasteiger partial charge in [-0.05, 0) is 24.5 Å². The van der Waals surface area contributed by atoms with Crippen LogP contribution >= 0.6 is 0 Å². The molecule has 0 radical (unpaired) electrons. The Balaban J connectivity index is 3.03. The molecule has 0 aliphatic rings. The molecule has 0 aromatic carbocycles. The molecule has 5 heteroatoms. The third-order valence-electron chi connectivity index (χ3n) is 3.00. The first kappa shape index (κ1) is 16.1. The summed E-state index contributed by atoms with van der Waals surface area (Å²) in [5, 5.41) is 0. The Labute approximate surface area is 119 Å². The second-order valence-corrected chi connectivity index (χ2v) is 5.66. The van der Waals surface area contributed by atoms with E-state index in [9.17, 15) is 9.59 Å². The van der Waals surface area contributed by atoms with Crippen LogP contribution in [0, 0.1) is 11.3 Å². The van der Waals surface area contributed by atoms with Crippen molar-refractivity contribution in [1.82, 2.24) is 4.98 Å². The van der Waals surface area contributed by atoms with Crippen molar-refractivity contribution in [2.75, 3.05) is 18.6 Å². The van der Waals surface area contributed by atoms with E-state index < -0.39 is 17.3 Å². The summed E-state index contributed by atoms with van der Waals surface area (Å²) < 4.78 is 5.04. The Kier molecular flexibility index (Phi) is 5.25. The molecule has 1 aromatic rings. The Hall–Kier alpha value is -1.91. The fourth-order valence-corrected chi connectivity index (χ4v) is 1.92. The molecule has 1 amide bonds. The second-order valence-electron chi connectivity index (χ2n) is 5.66. The lowest BCUT2D eigenvalue weighted by atomic mass is 9.79. The van der Waals surface area contributed by atoms with Crippen LogP contribution in [0.4, 0.5) is 5.69 Å². The molecule has 0 spiro atoms. The van der Waals surface area contributed by atoms with Crippen LogP contribution in [0.25, 0.3) is 0 Å². The van der Waals surface area contributed by atoms with E-state index in [4.69, 9.17) is 4.74 Å². The van der Waals surface area contributed by atoms with Gasteiger partial charge in [0.05, 0.1) is 18.5 Å². The van der Waals surface area contributed by atoms with Gasteiger partial charge in [0.1, 0.15) is 5.92 Å². The summed E-state index contributed by atoms with van der Waals surface area (Å²) in [6.07, 6.45) is 3.22. The molecule has 0 saturated carbocycles. The average molecular weight is 278 g/mol. The maximum atomic E-state index is 12.6. The Morgan fingerprint density at radius 1 is 1.40 bits per heavy atom. The summed E-state index contributed by atoms with van der Waals surface area (Å²) >= 11 is 0. The lowest BCUT2D eigenvalue weighted by Crippen LogP contribution is -2.44. The van der Waals surface area contributed by atoms with Gasteiger partial charge in [-0.15, -0.1) is 0 Å². The van der Waals surface area contributed by atoms with Crippen molar-refractivity contribution >= 4 is 17.6 Å². The molecule has 1 heterocycles. The van der Waals surface area contributed by atoms with E-state index in [-0.39, 0.29) is 12.5 Å². The quantitative estimate of drug-likeness (QED) is 0.626. The number of ether oxygens (including phenoxy) is 1. The zero-order valence-corrected chi connectivity index (χ0v) is 12.7. The number of carbonyl (C=O) groups is 2. The second kappa shape index (κ2) is 6.50. The van der Waals surface area contributed by atoms with Crippen LogP contribution in [0.15, 0.2) is 24.5 Å². The van der Waals surface area contributed by atoms with Gasteiger partial charge < -0.3 is 9.64 Å². The van der Waals surface area contributed by atoms with Crippen molar-refractivity contribution in [3.63, 3.8) is 0 Å². The van der Waals surface area contributed by atoms with E-state index in [0.717, 1.165) is 0 Å². The monoisotopic (exact) mass is 278 g/mol. The first-order valence-electron chi connectivity index (χ1n) is 6.63. The van der Waals surface area contributed by atoms with Crippen LogP contribution in [0.2, 0.25) is 0 Å². The number of carbonyl (C=O) groups excluding carboxylic acids is 2. The third kappa shape index (κ3) is 3.79. The van der Waals surface area contributed by atoms with E-state index in [1.54, 1.807) is 38.5 Å². The number of rotatable bonds is 4. The minimum Gasteiger partial charge on any atom is -0.465 e. The number of pyridine rings is 1. The number of esters is 1. The van der Waals surface area contributed by atoms with Crippen molar-refractivity contribution in [2.24, 2.45) is 11.3 Å². The predicted molar refractivity (Wildman–Crippen MR) is 77.2 cm³/mol. The van der Waals surface area contributed by atoms with Crippen LogP contribution in [0.1, 0.15) is 27.7 Å². The molecule has 0 N–H and O–H groups in total. The predicted octanol–water partition coefficient (Wildman–Crippen LogP) is 2.27. The number of anilines is 1. The highest BCUT2D eigenvalue weighted by atomic mass is 16.5. The largest absolute Gasteiger partial charge is 0.465 e. The molecule has 110 valence electrons. The summed E-state index contributed by atoms with van der Waals surface area (Å²) in [5.74, 6) is -1.61. The zero-order valence-electron chi connectivity index (χ0n) is 12.7. The van der Waals surface area contributed by atoms with Gasteiger partial charge >= 0.3 is 5.97 Å². The molecular weight excluding hydrogens is 256 g/mol. The first-order chi connectivity index (χ1) is 9.29. The molecular formula is C15H22N2O3. The smallest absolute Gasteiger partial charge is 0.319 e. The summed E-state index contributed by atoms with van der Waals surface area (Å²) in [6, 6.07) is 3.52. The molecule has 1 atom stereocenters. The highest BCUT2D eigenvalue weighted by Crippen LogP contribution is 2.30. The Morgan fingerprint density at radius 3 is 2.50 bits per heavy atom. The maximum Gasteiger partial charge on any atom is 0.319 e. The number of nitrogens with zero attached hydrogens (tertiary/aromatic N) is 2. The van der Waals surface area contributed by atoms with E-state index in [2.05, 4.69) is 4.98 Å². The standard InChI is InChI=1S/C15H22N2O3/c1-6-20-14(19)12(15(2,3)4)13(18)17(5)11-8-7-9-16-10-11/h7-10,12H,6H2,1-5H3. The number of hydrogen-bond acceptors (Lipinski definition) is 4. The fraction of sp³-hybridized carbons (Fsp3) is 0.533. The van der Waals surface area contributed by atoms with Crippen molar-refractivity contribution < 1.29 is 14.3 Å². The van der Waals surface area contributed by atoms with E-state index in [1.165, 1.54) is 4.90 Å². The molecule has 5 nitrogen and oxygen atoms in total. The first-order valence-corrected chi connectivity index (χ1v) is 6.63. The van der Waals surface area contributed by atoms with Crippen LogP contribution in [0.3, 0.4) is 0 Å². The molecule has 0 aliphatic carbocycles. The van der Waals surface area contributed by atoms with Crippen molar-refractivity contribution in [2.45, 2.75) is 27.7 Å². The normalized spacial score (nSPS) is 12.7. The van der Waals surface area contributed by atoms with Crippen LogP contribution in [-0.4, -0.2) is 30.5 Å². The fourth-order valence-electron chi connectivity index (χ4n) is 1.92. The Morgan fingerprint density at radius 2 is 2.05 bits per heavy atom. The van der Waals surface area contributed by atoms with Crippen LogP contribution in [0.5, 0.6) is 0 Å². The van der Waals surface area contributed by atoms with Crippen molar-refractivity contribution in [3.8, 4) is 0 Å². The lowest BCUT2D eigenvalue weighted by molar-refractivity contribution is -0.155. The molecule has 1 aromatic heterocycles. The molecule has 1 rings (SSSR count). The molecule has 0 aliphatic heterocycles. The number of amides is 1. The molecule has 0 bridgehead atoms. The summed E-state index contributed by atoms with van der Waals surface area (Å²) in [5.41, 5.74) is 0.135. The van der Waals surface area contributed by atoms with Crippen LogP contribution < -0.4 is 4.90 Å². The summed E-state index contributed by atoms with van der Waals surface area (Å²) in [6.45, 7) is 7.54. The van der Waals surface area contributed by atoms with Gasteiger partial charge in [0.15, 0.2) is 0 Å².